The van der Waals surface area contributed by atoms with Gasteiger partial charge in [0.1, 0.15) is 5.78 Å². The number of nitrogens with zero attached hydrogens (tertiary/aromatic N) is 3. The zero-order valence-electron chi connectivity index (χ0n) is 20.1. The third-order valence-electron chi connectivity index (χ3n) is 7.40. The van der Waals surface area contributed by atoms with Crippen LogP contribution < -0.4 is 0 Å². The van der Waals surface area contributed by atoms with Crippen LogP contribution in [0.2, 0.25) is 5.02 Å². The number of benzene rings is 1. The van der Waals surface area contributed by atoms with Crippen LogP contribution >= 0.6 is 11.6 Å². The van der Waals surface area contributed by atoms with Crippen molar-refractivity contribution in [2.24, 2.45) is 5.92 Å². The summed E-state index contributed by atoms with van der Waals surface area (Å²) in [5.74, 6) is 0.172. The fourth-order valence-electron chi connectivity index (χ4n) is 5.34. The molecule has 2 aliphatic carbocycles. The van der Waals surface area contributed by atoms with Crippen molar-refractivity contribution in [1.29, 1.82) is 0 Å². The van der Waals surface area contributed by atoms with Crippen molar-refractivity contribution in [1.82, 2.24) is 15.0 Å². The first-order valence-corrected chi connectivity index (χ1v) is 13.2. The third-order valence-corrected chi connectivity index (χ3v) is 7.75. The standard InChI is InChI=1S/C27H36ClN3O3/c1-18-7-8-21(24(28)15-18)16-23(32)17-22(11-12-25(33)34)26-27(20-9-10-20)31(30-29-26)14-13-19-5-3-2-4-6-19/h7-8,15,19-20,22H,2-6,9-14,16-17H2,1H3,(H,33,34)/t22-/m0/s1. The van der Waals surface area contributed by atoms with E-state index in [1.54, 1.807) is 0 Å². The van der Waals surface area contributed by atoms with E-state index in [-0.39, 0.29) is 31.0 Å². The molecule has 1 aromatic carbocycles. The van der Waals surface area contributed by atoms with E-state index in [9.17, 15) is 14.7 Å². The van der Waals surface area contributed by atoms with E-state index in [1.807, 2.05) is 25.1 Å². The first-order chi connectivity index (χ1) is 16.4. The SMILES string of the molecule is Cc1ccc(CC(=O)C[C@H](CCC(=O)O)c2nnn(CCC3CCCCC3)c2C2CC2)c(Cl)c1. The Morgan fingerprint density at radius 2 is 1.94 bits per heavy atom. The van der Waals surface area contributed by atoms with Crippen LogP contribution in [0.5, 0.6) is 0 Å². The number of Topliss-reactive ketones (excluding diaryl/α,β-unsaturated/α-hetero) is 1. The van der Waals surface area contributed by atoms with Gasteiger partial charge in [-0.25, -0.2) is 4.68 Å². The summed E-state index contributed by atoms with van der Waals surface area (Å²) in [6.07, 6.45) is 10.9. The summed E-state index contributed by atoms with van der Waals surface area (Å²) in [6.45, 7) is 2.83. The number of aliphatic carboxylic acids is 1. The van der Waals surface area contributed by atoms with Gasteiger partial charge in [0.25, 0.3) is 0 Å². The topological polar surface area (TPSA) is 85.1 Å². The minimum Gasteiger partial charge on any atom is -0.481 e. The van der Waals surface area contributed by atoms with Crippen molar-refractivity contribution in [3.63, 3.8) is 0 Å². The molecule has 0 bridgehead atoms. The number of hydrogen-bond acceptors (Lipinski definition) is 4. The van der Waals surface area contributed by atoms with Gasteiger partial charge in [-0.2, -0.15) is 0 Å². The summed E-state index contributed by atoms with van der Waals surface area (Å²) in [4.78, 5) is 24.4. The zero-order valence-corrected chi connectivity index (χ0v) is 20.9. The molecule has 1 aromatic heterocycles. The molecule has 1 atom stereocenters. The van der Waals surface area contributed by atoms with E-state index in [1.165, 1.54) is 32.1 Å². The van der Waals surface area contributed by atoms with Crippen LogP contribution in [-0.4, -0.2) is 31.9 Å². The average Bonchev–Trinajstić information content (AvgIpc) is 3.56. The summed E-state index contributed by atoms with van der Waals surface area (Å²) in [5.41, 5.74) is 3.86. The molecule has 4 rings (SSSR count). The number of hydrogen-bond donors (Lipinski definition) is 1. The van der Waals surface area contributed by atoms with Gasteiger partial charge in [-0.3, -0.25) is 9.59 Å². The lowest BCUT2D eigenvalue weighted by Crippen LogP contribution is -2.15. The molecule has 2 aliphatic rings. The van der Waals surface area contributed by atoms with Gasteiger partial charge in [0.05, 0.1) is 11.4 Å². The van der Waals surface area contributed by atoms with Crippen molar-refractivity contribution < 1.29 is 14.7 Å². The molecule has 0 saturated heterocycles. The average molecular weight is 486 g/mol. The Hall–Kier alpha value is -2.21. The smallest absolute Gasteiger partial charge is 0.303 e. The minimum absolute atomic E-state index is 0.0161. The predicted molar refractivity (Wildman–Crippen MR) is 132 cm³/mol. The van der Waals surface area contributed by atoms with E-state index in [0.717, 1.165) is 54.2 Å². The number of carboxylic acid groups (broad SMARTS) is 1. The molecule has 2 aromatic rings. The number of rotatable bonds is 12. The van der Waals surface area contributed by atoms with Gasteiger partial charge in [-0.1, -0.05) is 61.1 Å². The second-order valence-corrected chi connectivity index (χ2v) is 10.7. The lowest BCUT2D eigenvalue weighted by atomic mass is 9.87. The lowest BCUT2D eigenvalue weighted by molar-refractivity contribution is -0.137. The molecule has 7 heteroatoms. The Kier molecular flexibility index (Phi) is 8.41. The van der Waals surface area contributed by atoms with Crippen molar-refractivity contribution in [2.75, 3.05) is 0 Å². The van der Waals surface area contributed by atoms with Gasteiger partial charge < -0.3 is 5.11 Å². The van der Waals surface area contributed by atoms with E-state index < -0.39 is 5.97 Å². The van der Waals surface area contributed by atoms with Crippen LogP contribution in [0.1, 0.15) is 105 Å². The fraction of sp³-hybridized carbons (Fsp3) is 0.630. The summed E-state index contributed by atoms with van der Waals surface area (Å²) in [6, 6.07) is 5.73. The Labute approximate surface area is 207 Å². The molecule has 2 saturated carbocycles. The number of carboxylic acids is 1. The maximum absolute atomic E-state index is 13.1. The Bertz CT molecular complexity index is 1010. The first-order valence-electron chi connectivity index (χ1n) is 12.8. The summed E-state index contributed by atoms with van der Waals surface area (Å²) in [7, 11) is 0. The van der Waals surface area contributed by atoms with Crippen LogP contribution in [0.15, 0.2) is 18.2 Å². The number of carbonyl (C=O) groups excluding carboxylic acids is 1. The van der Waals surface area contributed by atoms with Crippen LogP contribution in [0.25, 0.3) is 0 Å². The largest absolute Gasteiger partial charge is 0.481 e. The van der Waals surface area contributed by atoms with Crippen molar-refractivity contribution in [3.8, 4) is 0 Å². The maximum atomic E-state index is 13.1. The Morgan fingerprint density at radius 3 is 2.62 bits per heavy atom. The number of ketones is 1. The van der Waals surface area contributed by atoms with Crippen molar-refractivity contribution in [3.05, 3.63) is 45.7 Å². The maximum Gasteiger partial charge on any atom is 0.303 e. The number of aromatic nitrogens is 3. The quantitative estimate of drug-likeness (QED) is 0.384. The second kappa shape index (κ2) is 11.5. The lowest BCUT2D eigenvalue weighted by Gasteiger charge is -2.21. The molecule has 0 amide bonds. The number of carbonyl (C=O) groups is 2. The third kappa shape index (κ3) is 6.68. The molecule has 184 valence electrons. The van der Waals surface area contributed by atoms with Crippen molar-refractivity contribution >= 4 is 23.4 Å². The Morgan fingerprint density at radius 1 is 1.18 bits per heavy atom. The fourth-order valence-corrected chi connectivity index (χ4v) is 5.64. The second-order valence-electron chi connectivity index (χ2n) is 10.3. The van der Waals surface area contributed by atoms with Gasteiger partial charge >= 0.3 is 5.97 Å². The van der Waals surface area contributed by atoms with Crippen LogP contribution in [0.4, 0.5) is 0 Å². The molecule has 0 aliphatic heterocycles. The molecular formula is C27H36ClN3O3. The molecule has 2 fully saturated rings. The van der Waals surface area contributed by atoms with Crippen LogP contribution in [0, 0.1) is 12.8 Å². The highest BCUT2D eigenvalue weighted by molar-refractivity contribution is 6.31. The molecule has 0 unspecified atom stereocenters. The molecule has 0 radical (unpaired) electrons. The minimum atomic E-state index is -0.850. The van der Waals surface area contributed by atoms with E-state index in [2.05, 4.69) is 15.0 Å². The van der Waals surface area contributed by atoms with Gasteiger partial charge in [0.2, 0.25) is 0 Å². The molecule has 1 heterocycles. The van der Waals surface area contributed by atoms with Crippen LogP contribution in [0.3, 0.4) is 0 Å². The van der Waals surface area contributed by atoms with Gasteiger partial charge in [0.15, 0.2) is 0 Å². The molecule has 0 spiro atoms. The monoisotopic (exact) mass is 485 g/mol. The zero-order chi connectivity index (χ0) is 24.1. The summed E-state index contributed by atoms with van der Waals surface area (Å²) < 4.78 is 2.07. The van der Waals surface area contributed by atoms with Gasteiger partial charge in [0, 0.05) is 42.7 Å². The molecule has 6 nitrogen and oxygen atoms in total. The van der Waals surface area contributed by atoms with E-state index in [0.29, 0.717) is 17.4 Å². The van der Waals surface area contributed by atoms with Gasteiger partial charge in [-0.05, 0) is 55.7 Å². The van der Waals surface area contributed by atoms with Crippen LogP contribution in [-0.2, 0) is 22.6 Å². The highest BCUT2D eigenvalue weighted by atomic mass is 35.5. The van der Waals surface area contributed by atoms with E-state index in [4.69, 9.17) is 11.6 Å². The highest BCUT2D eigenvalue weighted by Crippen LogP contribution is 2.44. The Balaban J connectivity index is 1.49. The van der Waals surface area contributed by atoms with Gasteiger partial charge in [-0.15, -0.1) is 5.10 Å². The highest BCUT2D eigenvalue weighted by Gasteiger charge is 2.35. The summed E-state index contributed by atoms with van der Waals surface area (Å²) >= 11 is 6.35. The molecule has 1 N–H and O–H groups in total. The normalized spacial score (nSPS) is 17.6. The predicted octanol–water partition coefficient (Wildman–Crippen LogP) is 6.24. The summed E-state index contributed by atoms with van der Waals surface area (Å²) in [5, 5.41) is 19.0. The number of aryl methyl sites for hydroxylation is 2. The van der Waals surface area contributed by atoms with E-state index >= 15 is 0 Å². The molecule has 34 heavy (non-hydrogen) atoms. The number of halogens is 1. The van der Waals surface area contributed by atoms with Crippen molar-refractivity contribution in [2.45, 2.75) is 102 Å². The first kappa shape index (κ1) is 24.9. The molecular weight excluding hydrogens is 450 g/mol.